The average molecular weight is 849 g/mol. The number of benzene rings is 11. The van der Waals surface area contributed by atoms with Crippen LogP contribution in [-0.2, 0) is 5.41 Å². The zero-order valence-corrected chi connectivity index (χ0v) is 36.5. The topological polar surface area (TPSA) is 25.8 Å². The average Bonchev–Trinajstić information content (AvgIpc) is 3.88. The summed E-state index contributed by atoms with van der Waals surface area (Å²) in [6.07, 6.45) is 0. The van der Waals surface area contributed by atoms with Crippen molar-refractivity contribution in [3.63, 3.8) is 0 Å². The number of nitrogens with zero attached hydrogens (tertiary/aromatic N) is 2. The Bertz CT molecular complexity index is 3910. The molecular formula is C65H40N2. The van der Waals surface area contributed by atoms with Crippen molar-refractivity contribution >= 4 is 32.3 Å². The van der Waals surface area contributed by atoms with Gasteiger partial charge in [-0.05, 0) is 111 Å². The molecule has 67 heavy (non-hydrogen) atoms. The first kappa shape index (κ1) is 37.6. The molecule has 310 valence electrons. The molecule has 12 aromatic rings. The molecule has 0 saturated heterocycles. The predicted octanol–water partition coefficient (Wildman–Crippen LogP) is 16.6. The van der Waals surface area contributed by atoms with E-state index in [4.69, 9.17) is 9.97 Å². The zero-order chi connectivity index (χ0) is 44.1. The van der Waals surface area contributed by atoms with Gasteiger partial charge in [0.2, 0.25) is 0 Å². The Morgan fingerprint density at radius 2 is 0.776 bits per heavy atom. The molecule has 1 aromatic heterocycles. The van der Waals surface area contributed by atoms with Gasteiger partial charge in [-0.3, -0.25) is 0 Å². The molecule has 2 aliphatic carbocycles. The molecule has 2 heteroatoms. The lowest BCUT2D eigenvalue weighted by Crippen LogP contribution is -2.25. The number of fused-ring (bicyclic) bond motifs is 14. The maximum Gasteiger partial charge on any atom is 0.160 e. The molecule has 0 fully saturated rings. The van der Waals surface area contributed by atoms with Crippen molar-refractivity contribution in [2.75, 3.05) is 0 Å². The normalized spacial score (nSPS) is 12.9. The molecular weight excluding hydrogens is 809 g/mol. The van der Waals surface area contributed by atoms with E-state index in [0.29, 0.717) is 5.82 Å². The highest BCUT2D eigenvalue weighted by Crippen LogP contribution is 2.64. The van der Waals surface area contributed by atoms with E-state index >= 15 is 0 Å². The van der Waals surface area contributed by atoms with Gasteiger partial charge in [0.15, 0.2) is 5.82 Å². The van der Waals surface area contributed by atoms with E-state index in [1.807, 2.05) is 0 Å². The van der Waals surface area contributed by atoms with E-state index < -0.39 is 5.41 Å². The van der Waals surface area contributed by atoms with E-state index in [2.05, 4.69) is 243 Å². The molecule has 2 nitrogen and oxygen atoms in total. The summed E-state index contributed by atoms with van der Waals surface area (Å²) >= 11 is 0. The lowest BCUT2D eigenvalue weighted by molar-refractivity contribution is 0.794. The minimum Gasteiger partial charge on any atom is -0.228 e. The summed E-state index contributed by atoms with van der Waals surface area (Å²) in [6, 6.07) is 88.7. The van der Waals surface area contributed by atoms with Gasteiger partial charge < -0.3 is 0 Å². The van der Waals surface area contributed by atoms with Crippen molar-refractivity contribution in [1.82, 2.24) is 9.97 Å². The van der Waals surface area contributed by atoms with Crippen molar-refractivity contribution in [2.24, 2.45) is 0 Å². The molecule has 0 aliphatic heterocycles. The fourth-order valence-corrected chi connectivity index (χ4v) is 11.6. The second-order valence-electron chi connectivity index (χ2n) is 18.0. The molecule has 0 atom stereocenters. The molecule has 11 aromatic carbocycles. The van der Waals surface area contributed by atoms with Crippen LogP contribution in [0.5, 0.6) is 0 Å². The van der Waals surface area contributed by atoms with Crippen LogP contribution in [0, 0.1) is 0 Å². The first-order chi connectivity index (χ1) is 33.2. The molecule has 2 aliphatic rings. The van der Waals surface area contributed by atoms with Gasteiger partial charge >= 0.3 is 0 Å². The molecule has 1 spiro atoms. The Labute approximate surface area is 389 Å². The number of rotatable bonds is 5. The Balaban J connectivity index is 0.968. The lowest BCUT2D eigenvalue weighted by atomic mass is 9.70. The summed E-state index contributed by atoms with van der Waals surface area (Å²) in [5, 5.41) is 7.51. The predicted molar refractivity (Wildman–Crippen MR) is 278 cm³/mol. The summed E-state index contributed by atoms with van der Waals surface area (Å²) in [4.78, 5) is 10.9. The van der Waals surface area contributed by atoms with Crippen molar-refractivity contribution in [3.8, 4) is 78.4 Å². The minimum atomic E-state index is -0.449. The van der Waals surface area contributed by atoms with Gasteiger partial charge in [-0.1, -0.05) is 231 Å². The third kappa shape index (κ3) is 5.57. The van der Waals surface area contributed by atoms with Crippen LogP contribution in [-0.4, -0.2) is 9.97 Å². The molecule has 0 radical (unpaired) electrons. The van der Waals surface area contributed by atoms with Crippen LogP contribution in [0.3, 0.4) is 0 Å². The maximum absolute atomic E-state index is 5.50. The lowest BCUT2D eigenvalue weighted by Gasteiger charge is -2.30. The van der Waals surface area contributed by atoms with E-state index in [0.717, 1.165) is 33.6 Å². The van der Waals surface area contributed by atoms with E-state index in [-0.39, 0.29) is 0 Å². The van der Waals surface area contributed by atoms with E-state index in [9.17, 15) is 0 Å². The molecule has 1 heterocycles. The third-order valence-electron chi connectivity index (χ3n) is 14.5. The van der Waals surface area contributed by atoms with Crippen LogP contribution in [0.2, 0.25) is 0 Å². The molecule has 0 amide bonds. The smallest absolute Gasteiger partial charge is 0.160 e. The zero-order valence-electron chi connectivity index (χ0n) is 36.5. The molecule has 0 saturated carbocycles. The molecule has 0 unspecified atom stereocenters. The number of hydrogen-bond acceptors (Lipinski definition) is 2. The Morgan fingerprint density at radius 3 is 1.52 bits per heavy atom. The number of hydrogen-bond donors (Lipinski definition) is 0. The van der Waals surface area contributed by atoms with Gasteiger partial charge in [-0.25, -0.2) is 9.97 Å². The van der Waals surface area contributed by atoms with Crippen LogP contribution in [0.4, 0.5) is 0 Å². The van der Waals surface area contributed by atoms with Crippen LogP contribution < -0.4 is 0 Å². The van der Waals surface area contributed by atoms with Crippen LogP contribution >= 0.6 is 0 Å². The summed E-state index contributed by atoms with van der Waals surface area (Å²) in [5.74, 6) is 0.693. The summed E-state index contributed by atoms with van der Waals surface area (Å²) in [5.41, 5.74) is 19.5. The third-order valence-corrected chi connectivity index (χ3v) is 14.5. The van der Waals surface area contributed by atoms with Gasteiger partial charge in [0, 0.05) is 16.7 Å². The highest BCUT2D eigenvalue weighted by molar-refractivity contribution is 6.20. The quantitative estimate of drug-likeness (QED) is 0.127. The van der Waals surface area contributed by atoms with E-state index in [1.54, 1.807) is 0 Å². The largest absolute Gasteiger partial charge is 0.228 e. The van der Waals surface area contributed by atoms with Crippen molar-refractivity contribution in [3.05, 3.63) is 265 Å². The van der Waals surface area contributed by atoms with Crippen molar-refractivity contribution < 1.29 is 0 Å². The van der Waals surface area contributed by atoms with Gasteiger partial charge in [0.1, 0.15) is 0 Å². The second-order valence-corrected chi connectivity index (χ2v) is 18.0. The van der Waals surface area contributed by atoms with E-state index in [1.165, 1.54) is 93.5 Å². The van der Waals surface area contributed by atoms with Crippen LogP contribution in [0.1, 0.15) is 22.3 Å². The monoisotopic (exact) mass is 848 g/mol. The highest BCUT2D eigenvalue weighted by Gasteiger charge is 2.52. The first-order valence-corrected chi connectivity index (χ1v) is 23.1. The minimum absolute atomic E-state index is 0.449. The van der Waals surface area contributed by atoms with Crippen LogP contribution in [0.15, 0.2) is 243 Å². The fraction of sp³-hybridized carbons (Fsp3) is 0.0154. The Hall–Kier alpha value is -8.72. The second kappa shape index (κ2) is 14.7. The van der Waals surface area contributed by atoms with Crippen molar-refractivity contribution in [2.45, 2.75) is 5.41 Å². The number of aromatic nitrogens is 2. The van der Waals surface area contributed by atoms with Crippen LogP contribution in [0.25, 0.3) is 111 Å². The SMILES string of the molecule is c1ccc(-c2ccc(-c3nc(-c4ccc(-c5c6ccccc6cc6c5ccc5ccccc56)cc4)cc(-c4cccc5c4-c4ccccc4C54c5ccccc5-c5ccccc54)n3)cc2)cc1. The highest BCUT2D eigenvalue weighted by atomic mass is 14.9. The molecule has 0 bridgehead atoms. The first-order valence-electron chi connectivity index (χ1n) is 23.1. The molecule has 0 N–H and O–H groups in total. The Kier molecular flexibility index (Phi) is 8.23. The van der Waals surface area contributed by atoms with Crippen molar-refractivity contribution in [1.29, 1.82) is 0 Å². The Morgan fingerprint density at radius 1 is 0.254 bits per heavy atom. The summed E-state index contributed by atoms with van der Waals surface area (Å²) in [6.45, 7) is 0. The molecule has 14 rings (SSSR count). The fourth-order valence-electron chi connectivity index (χ4n) is 11.6. The van der Waals surface area contributed by atoms with Gasteiger partial charge in [0.25, 0.3) is 0 Å². The van der Waals surface area contributed by atoms with Gasteiger partial charge in [-0.15, -0.1) is 0 Å². The maximum atomic E-state index is 5.50. The standard InChI is InChI=1S/C65H40N2/c1-2-15-41(16-3-1)42-29-35-46(36-30-42)64-66-60(44-31-33-45(34-32-44)62-49-20-7-5-18-47(49)39-55-48-19-6-4-17-43(48)37-38-52(55)62)40-61(67-64)54-24-14-28-59-63(54)53-23-10-13-27-58(53)65(59)56-25-11-8-21-50(56)51-22-9-12-26-57(51)65/h1-40H. The van der Waals surface area contributed by atoms with Gasteiger partial charge in [-0.2, -0.15) is 0 Å². The van der Waals surface area contributed by atoms with Gasteiger partial charge in [0.05, 0.1) is 16.8 Å². The summed E-state index contributed by atoms with van der Waals surface area (Å²) < 4.78 is 0. The summed E-state index contributed by atoms with van der Waals surface area (Å²) in [7, 11) is 0.